The number of imidazole rings is 1. The Kier molecular flexibility index (Phi) is 7.98. The van der Waals surface area contributed by atoms with Gasteiger partial charge in [0.15, 0.2) is 5.82 Å². The van der Waals surface area contributed by atoms with E-state index < -0.39 is 19.9 Å². The number of fused-ring (bicyclic) bond motifs is 1. The lowest BCUT2D eigenvalue weighted by Crippen LogP contribution is -2.22. The molecule has 0 saturated heterocycles. The standard InChI is InChI=1S/C29H29ClFN7O3SSi/c1-43(2,3)9-8-41-16-37-24(22-14-42-27(25(22)31)29(39)40)13-33-28(37)20-6-4-17-10-18(12-32-26(17)20)21-11-19(30)5-7-23(21)38-15-34-35-36-38/h5,7,10-15,20H,4,6,8-9,16H2,1-3H3,(H,39,40). The summed E-state index contributed by atoms with van der Waals surface area (Å²) in [6, 6.07) is 8.61. The normalized spacial score (nSPS) is 14.8. The molecule has 14 heteroatoms. The third-order valence-electron chi connectivity index (χ3n) is 7.51. The van der Waals surface area contributed by atoms with Gasteiger partial charge in [-0.05, 0) is 59.1 Å². The van der Waals surface area contributed by atoms with E-state index in [1.807, 2.05) is 22.9 Å². The van der Waals surface area contributed by atoms with E-state index in [1.165, 1.54) is 11.7 Å². The van der Waals surface area contributed by atoms with Crippen molar-refractivity contribution in [2.75, 3.05) is 6.61 Å². The highest BCUT2D eigenvalue weighted by molar-refractivity contribution is 7.12. The number of nitrogens with zero attached hydrogens (tertiary/aromatic N) is 7. The number of carbonyl (C=O) groups is 1. The molecular weight excluding hydrogens is 609 g/mol. The van der Waals surface area contributed by atoms with E-state index in [0.29, 0.717) is 23.1 Å². The van der Waals surface area contributed by atoms with Gasteiger partial charge in [-0.2, -0.15) is 4.68 Å². The van der Waals surface area contributed by atoms with Crippen molar-refractivity contribution in [1.29, 1.82) is 0 Å². The Bertz CT molecular complexity index is 1800. The quantitative estimate of drug-likeness (QED) is 0.136. The third-order valence-corrected chi connectivity index (χ3v) is 10.4. The molecule has 1 N–H and O–H groups in total. The second-order valence-corrected chi connectivity index (χ2v) is 18.6. The number of tetrazole rings is 1. The van der Waals surface area contributed by atoms with Crippen LogP contribution in [-0.2, 0) is 17.9 Å². The molecule has 222 valence electrons. The van der Waals surface area contributed by atoms with E-state index in [9.17, 15) is 9.90 Å². The van der Waals surface area contributed by atoms with Crippen LogP contribution < -0.4 is 0 Å². The maximum absolute atomic E-state index is 15.2. The molecule has 4 heterocycles. The van der Waals surface area contributed by atoms with Gasteiger partial charge in [0.05, 0.1) is 29.2 Å². The summed E-state index contributed by atoms with van der Waals surface area (Å²) in [7, 11) is -1.32. The summed E-state index contributed by atoms with van der Waals surface area (Å²) in [4.78, 5) is 20.9. The van der Waals surface area contributed by atoms with E-state index in [2.05, 4.69) is 41.2 Å². The average molecular weight is 638 g/mol. The minimum Gasteiger partial charge on any atom is -0.477 e. The van der Waals surface area contributed by atoms with E-state index in [4.69, 9.17) is 26.3 Å². The first kappa shape index (κ1) is 29.3. The van der Waals surface area contributed by atoms with E-state index in [0.717, 1.165) is 58.3 Å². The highest BCUT2D eigenvalue weighted by Crippen LogP contribution is 2.41. The zero-order chi connectivity index (χ0) is 30.3. The first-order valence-corrected chi connectivity index (χ1v) is 18.7. The van der Waals surface area contributed by atoms with Crippen LogP contribution in [-0.4, -0.2) is 60.5 Å². The third kappa shape index (κ3) is 5.89. The highest BCUT2D eigenvalue weighted by Gasteiger charge is 2.32. The van der Waals surface area contributed by atoms with Gasteiger partial charge in [-0.1, -0.05) is 31.2 Å². The molecule has 43 heavy (non-hydrogen) atoms. The van der Waals surface area contributed by atoms with Crippen LogP contribution >= 0.6 is 22.9 Å². The van der Waals surface area contributed by atoms with Gasteiger partial charge in [0, 0.05) is 48.0 Å². The number of aryl methyl sites for hydroxylation is 1. The number of halogens is 2. The predicted octanol–water partition coefficient (Wildman–Crippen LogP) is 6.53. The fourth-order valence-corrected chi connectivity index (χ4v) is 7.00. The summed E-state index contributed by atoms with van der Waals surface area (Å²) in [5.74, 6) is -1.49. The molecule has 1 atom stereocenters. The number of benzene rings is 1. The SMILES string of the molecule is C[Si](C)(C)CCOCn1c(-c2csc(C(=O)O)c2F)cnc1C1CCc2cc(-c3cc(Cl)ccc3-n3cnnn3)cnc21. The Labute approximate surface area is 257 Å². The average Bonchev–Trinajstić information content (AvgIpc) is 3.76. The molecule has 0 fully saturated rings. The van der Waals surface area contributed by atoms with E-state index >= 15 is 4.39 Å². The van der Waals surface area contributed by atoms with Crippen molar-refractivity contribution in [3.05, 3.63) is 81.2 Å². The van der Waals surface area contributed by atoms with Gasteiger partial charge >= 0.3 is 5.97 Å². The minimum atomic E-state index is -1.32. The Morgan fingerprint density at radius 2 is 2.05 bits per heavy atom. The number of pyridine rings is 1. The molecule has 5 aromatic rings. The fourth-order valence-electron chi connectivity index (χ4n) is 5.29. The molecule has 1 unspecified atom stereocenters. The summed E-state index contributed by atoms with van der Waals surface area (Å²) in [5, 5.41) is 23.1. The van der Waals surface area contributed by atoms with Crippen LogP contribution in [0.15, 0.2) is 48.4 Å². The number of rotatable bonds is 10. The fraction of sp³-hybridized carbons (Fsp3) is 0.310. The lowest BCUT2D eigenvalue weighted by Gasteiger charge is -2.19. The van der Waals surface area contributed by atoms with Gasteiger partial charge in [-0.3, -0.25) is 4.98 Å². The molecule has 1 aromatic carbocycles. The molecule has 6 rings (SSSR count). The van der Waals surface area contributed by atoms with Crippen molar-refractivity contribution in [3.63, 3.8) is 0 Å². The monoisotopic (exact) mass is 637 g/mol. The number of ether oxygens (including phenoxy) is 1. The van der Waals surface area contributed by atoms with Gasteiger partial charge in [0.25, 0.3) is 0 Å². The molecule has 0 aliphatic heterocycles. The van der Waals surface area contributed by atoms with Crippen LogP contribution in [0.4, 0.5) is 4.39 Å². The number of aromatic nitrogens is 7. The Balaban J connectivity index is 1.36. The zero-order valence-corrected chi connectivity index (χ0v) is 26.4. The summed E-state index contributed by atoms with van der Waals surface area (Å²) >= 11 is 7.23. The first-order valence-electron chi connectivity index (χ1n) is 13.8. The minimum absolute atomic E-state index is 0.141. The second kappa shape index (κ2) is 11.7. The van der Waals surface area contributed by atoms with Gasteiger partial charge in [-0.25, -0.2) is 14.2 Å². The number of hydrogen-bond acceptors (Lipinski definition) is 8. The number of hydrogen-bond donors (Lipinski definition) is 1. The molecule has 0 spiro atoms. The largest absolute Gasteiger partial charge is 0.477 e. The molecule has 0 saturated carbocycles. The number of thiophene rings is 1. The number of carboxylic acid groups (broad SMARTS) is 1. The zero-order valence-electron chi connectivity index (χ0n) is 23.8. The first-order chi connectivity index (χ1) is 20.6. The van der Waals surface area contributed by atoms with E-state index in [-0.39, 0.29) is 23.1 Å². The summed E-state index contributed by atoms with van der Waals surface area (Å²) in [5.41, 5.74) is 5.17. The topological polar surface area (TPSA) is 121 Å². The van der Waals surface area contributed by atoms with Gasteiger partial charge in [-0.15, -0.1) is 16.4 Å². The lowest BCUT2D eigenvalue weighted by atomic mass is 10.0. The molecule has 1 aliphatic rings. The van der Waals surface area contributed by atoms with Crippen molar-refractivity contribution >= 4 is 37.0 Å². The van der Waals surface area contributed by atoms with Crippen molar-refractivity contribution in [2.24, 2.45) is 0 Å². The van der Waals surface area contributed by atoms with Crippen molar-refractivity contribution in [3.8, 4) is 28.1 Å². The van der Waals surface area contributed by atoms with Crippen LogP contribution in [0.25, 0.3) is 28.1 Å². The summed E-state index contributed by atoms with van der Waals surface area (Å²) < 4.78 is 24.8. The Morgan fingerprint density at radius 3 is 2.77 bits per heavy atom. The second-order valence-electron chi connectivity index (χ2n) is 11.7. The van der Waals surface area contributed by atoms with Gasteiger partial charge in [0.2, 0.25) is 0 Å². The molecular formula is C29H29ClFN7O3SSi. The van der Waals surface area contributed by atoms with Crippen molar-refractivity contribution < 1.29 is 19.0 Å². The smallest absolute Gasteiger partial charge is 0.348 e. The van der Waals surface area contributed by atoms with Crippen LogP contribution in [0.2, 0.25) is 30.7 Å². The van der Waals surface area contributed by atoms with E-state index in [1.54, 1.807) is 16.9 Å². The van der Waals surface area contributed by atoms with Crippen LogP contribution in [0.3, 0.4) is 0 Å². The summed E-state index contributed by atoms with van der Waals surface area (Å²) in [6.07, 6.45) is 6.48. The van der Waals surface area contributed by atoms with Crippen LogP contribution in [0, 0.1) is 5.82 Å². The van der Waals surface area contributed by atoms with Crippen molar-refractivity contribution in [2.45, 2.75) is 51.2 Å². The van der Waals surface area contributed by atoms with Crippen molar-refractivity contribution in [1.82, 2.24) is 34.7 Å². The van der Waals surface area contributed by atoms with Crippen LogP contribution in [0.1, 0.15) is 39.1 Å². The molecule has 1 aliphatic carbocycles. The molecule has 10 nitrogen and oxygen atoms in total. The molecule has 0 amide bonds. The Morgan fingerprint density at radius 1 is 1.21 bits per heavy atom. The molecule has 4 aromatic heterocycles. The lowest BCUT2D eigenvalue weighted by molar-refractivity contribution is 0.0697. The Hall–Kier alpha value is -3.78. The highest BCUT2D eigenvalue weighted by atomic mass is 35.5. The van der Waals surface area contributed by atoms with Crippen LogP contribution in [0.5, 0.6) is 0 Å². The molecule has 0 radical (unpaired) electrons. The van der Waals surface area contributed by atoms with Gasteiger partial charge < -0.3 is 14.4 Å². The number of carboxylic acids is 1. The predicted molar refractivity (Wildman–Crippen MR) is 164 cm³/mol. The number of aromatic carboxylic acids is 1. The maximum Gasteiger partial charge on any atom is 0.348 e. The maximum atomic E-state index is 15.2. The summed E-state index contributed by atoms with van der Waals surface area (Å²) in [6.45, 7) is 7.59. The van der Waals surface area contributed by atoms with Gasteiger partial charge in [0.1, 0.15) is 23.8 Å². The molecule has 0 bridgehead atoms.